The van der Waals surface area contributed by atoms with E-state index in [2.05, 4.69) is 11.2 Å². The largest absolute Gasteiger partial charge is 0.493 e. The topological polar surface area (TPSA) is 53.1 Å². The molecule has 1 aliphatic rings. The zero-order chi connectivity index (χ0) is 12.5. The number of ether oxygens (including phenoxy) is 1. The van der Waals surface area contributed by atoms with Gasteiger partial charge in [-0.25, -0.2) is 0 Å². The molecule has 3 rings (SSSR count). The van der Waals surface area contributed by atoms with Crippen LogP contribution in [-0.2, 0) is 7.05 Å². The molecule has 0 radical (unpaired) electrons. The highest BCUT2D eigenvalue weighted by Crippen LogP contribution is 2.39. The molecule has 0 saturated carbocycles. The first kappa shape index (κ1) is 11.3. The summed E-state index contributed by atoms with van der Waals surface area (Å²) in [6.45, 7) is 0.729. The molecule has 1 aromatic carbocycles. The predicted octanol–water partition coefficient (Wildman–Crippen LogP) is 1.99. The lowest BCUT2D eigenvalue weighted by molar-refractivity contribution is 0.254. The second-order valence-corrected chi connectivity index (χ2v) is 4.69. The van der Waals surface area contributed by atoms with Gasteiger partial charge in [0.1, 0.15) is 5.75 Å². The zero-order valence-electron chi connectivity index (χ0n) is 10.4. The van der Waals surface area contributed by atoms with Gasteiger partial charge < -0.3 is 10.5 Å². The van der Waals surface area contributed by atoms with Gasteiger partial charge in [0.15, 0.2) is 0 Å². The summed E-state index contributed by atoms with van der Waals surface area (Å²) < 4.78 is 7.52. The number of aryl methyl sites for hydroxylation is 1. The molecule has 2 heterocycles. The summed E-state index contributed by atoms with van der Waals surface area (Å²) >= 11 is 0. The monoisotopic (exact) mass is 243 g/mol. The molecule has 0 spiro atoms. The lowest BCUT2D eigenvalue weighted by atomic mass is 9.85. The van der Waals surface area contributed by atoms with Gasteiger partial charge in [0.2, 0.25) is 0 Å². The van der Waals surface area contributed by atoms with Gasteiger partial charge in [-0.2, -0.15) is 5.10 Å². The predicted molar refractivity (Wildman–Crippen MR) is 69.4 cm³/mol. The summed E-state index contributed by atoms with van der Waals surface area (Å²) in [5.41, 5.74) is 8.69. The maximum Gasteiger partial charge on any atom is 0.122 e. The minimum atomic E-state index is -0.0393. The van der Waals surface area contributed by atoms with Gasteiger partial charge in [-0.3, -0.25) is 4.68 Å². The van der Waals surface area contributed by atoms with Crippen molar-refractivity contribution in [2.45, 2.75) is 18.4 Å². The normalized spacial score (nSPS) is 20.0. The van der Waals surface area contributed by atoms with Crippen LogP contribution in [0.5, 0.6) is 5.75 Å². The maximum absolute atomic E-state index is 6.41. The molecule has 1 aromatic heterocycles. The Morgan fingerprint density at radius 2 is 2.22 bits per heavy atom. The summed E-state index contributed by atoms with van der Waals surface area (Å²) in [7, 11) is 1.93. The van der Waals surface area contributed by atoms with Crippen molar-refractivity contribution in [3.8, 4) is 5.75 Å². The van der Waals surface area contributed by atoms with Gasteiger partial charge in [-0.05, 0) is 24.1 Å². The third-order valence-corrected chi connectivity index (χ3v) is 3.64. The quantitative estimate of drug-likeness (QED) is 0.877. The first-order valence-electron chi connectivity index (χ1n) is 6.22. The molecule has 0 bridgehead atoms. The first-order valence-corrected chi connectivity index (χ1v) is 6.22. The van der Waals surface area contributed by atoms with E-state index in [-0.39, 0.29) is 6.04 Å². The van der Waals surface area contributed by atoms with Crippen LogP contribution in [0.25, 0.3) is 0 Å². The second kappa shape index (κ2) is 4.46. The van der Waals surface area contributed by atoms with Gasteiger partial charge in [-0.1, -0.05) is 18.2 Å². The fraction of sp³-hybridized carbons (Fsp3) is 0.357. The van der Waals surface area contributed by atoms with Crippen LogP contribution in [0.4, 0.5) is 0 Å². The molecule has 94 valence electrons. The van der Waals surface area contributed by atoms with E-state index in [1.165, 1.54) is 5.56 Å². The first-order chi connectivity index (χ1) is 8.77. The van der Waals surface area contributed by atoms with Crippen LogP contribution in [0.1, 0.15) is 29.6 Å². The third-order valence-electron chi connectivity index (χ3n) is 3.64. The van der Waals surface area contributed by atoms with Crippen LogP contribution in [-0.4, -0.2) is 16.4 Å². The molecular formula is C14H17N3O. The summed E-state index contributed by atoms with van der Waals surface area (Å²) in [5.74, 6) is 1.26. The van der Waals surface area contributed by atoms with Crippen molar-refractivity contribution in [3.63, 3.8) is 0 Å². The second-order valence-electron chi connectivity index (χ2n) is 4.69. The van der Waals surface area contributed by atoms with E-state index in [4.69, 9.17) is 10.5 Å². The summed E-state index contributed by atoms with van der Waals surface area (Å²) in [4.78, 5) is 0. The average Bonchev–Trinajstić information content (AvgIpc) is 2.83. The van der Waals surface area contributed by atoms with E-state index < -0.39 is 0 Å². The van der Waals surface area contributed by atoms with Crippen molar-refractivity contribution in [3.05, 3.63) is 47.8 Å². The SMILES string of the molecule is Cn1nccc1C(N)C1CCOc2ccccc21. The smallest absolute Gasteiger partial charge is 0.122 e. The average molecular weight is 243 g/mol. The Labute approximate surface area is 106 Å². The number of hydrogen-bond donors (Lipinski definition) is 1. The van der Waals surface area contributed by atoms with Crippen LogP contribution >= 0.6 is 0 Å². The Hall–Kier alpha value is -1.81. The van der Waals surface area contributed by atoms with Crippen LogP contribution < -0.4 is 10.5 Å². The number of hydrogen-bond acceptors (Lipinski definition) is 3. The minimum Gasteiger partial charge on any atom is -0.493 e. The summed E-state index contributed by atoms with van der Waals surface area (Å²) in [5, 5.41) is 4.19. The van der Waals surface area contributed by atoms with E-state index in [1.807, 2.05) is 36.0 Å². The molecule has 0 saturated heterocycles. The minimum absolute atomic E-state index is 0.0393. The molecular weight excluding hydrogens is 226 g/mol. The van der Waals surface area contributed by atoms with E-state index in [1.54, 1.807) is 6.20 Å². The number of benzene rings is 1. The lowest BCUT2D eigenvalue weighted by Crippen LogP contribution is -2.27. The lowest BCUT2D eigenvalue weighted by Gasteiger charge is -2.30. The highest BCUT2D eigenvalue weighted by Gasteiger charge is 2.28. The molecule has 18 heavy (non-hydrogen) atoms. The number of para-hydroxylation sites is 1. The van der Waals surface area contributed by atoms with Crippen molar-refractivity contribution in [1.82, 2.24) is 9.78 Å². The Morgan fingerprint density at radius 3 is 3.00 bits per heavy atom. The summed E-state index contributed by atoms with van der Waals surface area (Å²) in [6.07, 6.45) is 2.74. The Balaban J connectivity index is 1.97. The van der Waals surface area contributed by atoms with Crippen molar-refractivity contribution in [2.75, 3.05) is 6.61 Å². The van der Waals surface area contributed by atoms with Crippen molar-refractivity contribution in [1.29, 1.82) is 0 Å². The number of nitrogens with zero attached hydrogens (tertiary/aromatic N) is 2. The third kappa shape index (κ3) is 1.78. The van der Waals surface area contributed by atoms with Crippen LogP contribution in [0, 0.1) is 0 Å². The Morgan fingerprint density at radius 1 is 1.39 bits per heavy atom. The molecule has 0 fully saturated rings. The molecule has 0 amide bonds. The molecule has 1 aliphatic heterocycles. The molecule has 4 nitrogen and oxygen atoms in total. The van der Waals surface area contributed by atoms with Gasteiger partial charge >= 0.3 is 0 Å². The molecule has 2 N–H and O–H groups in total. The van der Waals surface area contributed by atoms with Crippen LogP contribution in [0.15, 0.2) is 36.5 Å². The standard InChI is InChI=1S/C14H17N3O/c1-17-12(6-8-16-17)14(15)11-7-9-18-13-5-3-2-4-10(11)13/h2-6,8,11,14H,7,9,15H2,1H3. The van der Waals surface area contributed by atoms with Crippen molar-refractivity contribution in [2.24, 2.45) is 12.8 Å². The van der Waals surface area contributed by atoms with E-state index >= 15 is 0 Å². The molecule has 2 unspecified atom stereocenters. The Kier molecular flexibility index (Phi) is 2.80. The fourth-order valence-electron chi connectivity index (χ4n) is 2.66. The Bertz CT molecular complexity index is 549. The van der Waals surface area contributed by atoms with E-state index in [0.717, 1.165) is 24.5 Å². The molecule has 2 aromatic rings. The number of rotatable bonds is 2. The van der Waals surface area contributed by atoms with Crippen LogP contribution in [0.2, 0.25) is 0 Å². The van der Waals surface area contributed by atoms with Gasteiger partial charge in [-0.15, -0.1) is 0 Å². The highest BCUT2D eigenvalue weighted by atomic mass is 16.5. The van der Waals surface area contributed by atoms with Crippen molar-refractivity contribution >= 4 is 0 Å². The number of nitrogens with two attached hydrogens (primary N) is 1. The van der Waals surface area contributed by atoms with Gasteiger partial charge in [0.05, 0.1) is 18.3 Å². The zero-order valence-corrected chi connectivity index (χ0v) is 10.4. The van der Waals surface area contributed by atoms with E-state index in [0.29, 0.717) is 5.92 Å². The fourth-order valence-corrected chi connectivity index (χ4v) is 2.66. The van der Waals surface area contributed by atoms with Crippen molar-refractivity contribution < 1.29 is 4.74 Å². The molecule has 0 aliphatic carbocycles. The number of fused-ring (bicyclic) bond motifs is 1. The highest BCUT2D eigenvalue weighted by molar-refractivity contribution is 5.39. The summed E-state index contributed by atoms with van der Waals surface area (Å²) in [6, 6.07) is 10.1. The van der Waals surface area contributed by atoms with Crippen LogP contribution in [0.3, 0.4) is 0 Å². The maximum atomic E-state index is 6.41. The van der Waals surface area contributed by atoms with Gasteiger partial charge in [0.25, 0.3) is 0 Å². The van der Waals surface area contributed by atoms with Gasteiger partial charge in [0, 0.05) is 19.2 Å². The van der Waals surface area contributed by atoms with E-state index in [9.17, 15) is 0 Å². The molecule has 4 heteroatoms. The number of aromatic nitrogens is 2. The molecule has 2 atom stereocenters.